The fourth-order valence-electron chi connectivity index (χ4n) is 3.20. The molecule has 17 heavy (non-hydrogen) atoms. The summed E-state index contributed by atoms with van der Waals surface area (Å²) in [5.41, 5.74) is 0. The Morgan fingerprint density at radius 3 is 2.35 bits per heavy atom. The van der Waals surface area contributed by atoms with Crippen molar-refractivity contribution < 1.29 is 5.11 Å². The fourth-order valence-corrected chi connectivity index (χ4v) is 3.20. The molecule has 100 valence electrons. The second kappa shape index (κ2) is 6.72. The van der Waals surface area contributed by atoms with Gasteiger partial charge in [0.15, 0.2) is 0 Å². The number of hydrogen-bond acceptors (Lipinski definition) is 3. The molecule has 0 bridgehead atoms. The number of β-amino-alcohol motifs (C(OH)–C–C–N with tert-alkyl or cyclic N) is 1. The van der Waals surface area contributed by atoms with Gasteiger partial charge in [0.2, 0.25) is 0 Å². The Bertz CT molecular complexity index is 214. The Kier molecular flexibility index (Phi) is 5.26. The second-order valence-corrected chi connectivity index (χ2v) is 5.72. The lowest BCUT2D eigenvalue weighted by Gasteiger charge is -2.26. The zero-order valence-electron chi connectivity index (χ0n) is 11.3. The molecule has 0 aromatic rings. The number of aliphatic hydroxyl groups excluding tert-OH is 1. The molecular formula is C14H28N2O. The van der Waals surface area contributed by atoms with E-state index in [0.717, 1.165) is 19.6 Å². The summed E-state index contributed by atoms with van der Waals surface area (Å²) in [5, 5.41) is 10.3. The van der Waals surface area contributed by atoms with Crippen molar-refractivity contribution >= 4 is 0 Å². The summed E-state index contributed by atoms with van der Waals surface area (Å²) < 4.78 is 0. The van der Waals surface area contributed by atoms with E-state index < -0.39 is 0 Å². The number of hydrogen-bond donors (Lipinski definition) is 1. The van der Waals surface area contributed by atoms with E-state index in [4.69, 9.17) is 0 Å². The summed E-state index contributed by atoms with van der Waals surface area (Å²) in [6.45, 7) is 8.92. The van der Waals surface area contributed by atoms with Crippen molar-refractivity contribution in [3.63, 3.8) is 0 Å². The van der Waals surface area contributed by atoms with Gasteiger partial charge in [-0.2, -0.15) is 0 Å². The molecule has 2 aliphatic heterocycles. The molecule has 2 rings (SSSR count). The first-order valence-corrected chi connectivity index (χ1v) is 7.42. The van der Waals surface area contributed by atoms with Gasteiger partial charge < -0.3 is 14.9 Å². The van der Waals surface area contributed by atoms with Crippen LogP contribution in [0.4, 0.5) is 0 Å². The van der Waals surface area contributed by atoms with Gasteiger partial charge in [-0.15, -0.1) is 0 Å². The third-order valence-corrected chi connectivity index (χ3v) is 4.44. The van der Waals surface area contributed by atoms with E-state index in [1.54, 1.807) is 0 Å². The van der Waals surface area contributed by atoms with Crippen LogP contribution in [0.25, 0.3) is 0 Å². The molecular weight excluding hydrogens is 212 g/mol. The average Bonchev–Trinajstić information content (AvgIpc) is 2.68. The van der Waals surface area contributed by atoms with E-state index in [-0.39, 0.29) is 6.10 Å². The Morgan fingerprint density at radius 2 is 1.76 bits per heavy atom. The van der Waals surface area contributed by atoms with Gasteiger partial charge in [0.1, 0.15) is 0 Å². The van der Waals surface area contributed by atoms with Crippen LogP contribution in [0.3, 0.4) is 0 Å². The van der Waals surface area contributed by atoms with Crippen molar-refractivity contribution in [2.45, 2.75) is 45.1 Å². The topological polar surface area (TPSA) is 26.7 Å². The van der Waals surface area contributed by atoms with Gasteiger partial charge in [-0.3, -0.25) is 0 Å². The standard InChI is InChI=1S/C14H28N2O/c1-2-15-10-7-13(11-15)14(17)12-16-8-5-3-4-6-9-16/h13-14,17H,2-12H2,1H3. The monoisotopic (exact) mass is 240 g/mol. The van der Waals surface area contributed by atoms with Crippen molar-refractivity contribution in [1.82, 2.24) is 9.80 Å². The molecule has 2 atom stereocenters. The molecule has 3 nitrogen and oxygen atoms in total. The normalized spacial score (nSPS) is 30.4. The summed E-state index contributed by atoms with van der Waals surface area (Å²) in [4.78, 5) is 4.93. The second-order valence-electron chi connectivity index (χ2n) is 5.72. The highest BCUT2D eigenvalue weighted by Gasteiger charge is 2.28. The maximum absolute atomic E-state index is 10.3. The van der Waals surface area contributed by atoms with Gasteiger partial charge in [-0.1, -0.05) is 19.8 Å². The summed E-state index contributed by atoms with van der Waals surface area (Å²) in [6, 6.07) is 0. The van der Waals surface area contributed by atoms with Crippen LogP contribution in [0.15, 0.2) is 0 Å². The molecule has 2 saturated heterocycles. The quantitative estimate of drug-likeness (QED) is 0.808. The lowest BCUT2D eigenvalue weighted by Crippen LogP contribution is -2.38. The summed E-state index contributed by atoms with van der Waals surface area (Å²) in [6.07, 6.45) is 6.46. The SMILES string of the molecule is CCN1CCC(C(O)CN2CCCCCC2)C1. The van der Waals surface area contributed by atoms with E-state index in [0.29, 0.717) is 5.92 Å². The van der Waals surface area contributed by atoms with E-state index in [1.165, 1.54) is 51.7 Å². The third kappa shape index (κ3) is 3.94. The first-order chi connectivity index (χ1) is 8.29. The number of aliphatic hydroxyl groups is 1. The smallest absolute Gasteiger partial charge is 0.0707 e. The van der Waals surface area contributed by atoms with Crippen LogP contribution < -0.4 is 0 Å². The van der Waals surface area contributed by atoms with Crippen LogP contribution in [0, 0.1) is 5.92 Å². The maximum atomic E-state index is 10.3. The van der Waals surface area contributed by atoms with Gasteiger partial charge >= 0.3 is 0 Å². The lowest BCUT2D eigenvalue weighted by molar-refractivity contribution is 0.0674. The van der Waals surface area contributed by atoms with Crippen molar-refractivity contribution in [3.8, 4) is 0 Å². The number of likely N-dealkylation sites (tertiary alicyclic amines) is 2. The first kappa shape index (κ1) is 13.3. The number of nitrogens with zero attached hydrogens (tertiary/aromatic N) is 2. The van der Waals surface area contributed by atoms with Crippen LogP contribution >= 0.6 is 0 Å². The van der Waals surface area contributed by atoms with Crippen molar-refractivity contribution in [3.05, 3.63) is 0 Å². The predicted molar refractivity (Wildman–Crippen MR) is 71.1 cm³/mol. The molecule has 0 spiro atoms. The first-order valence-electron chi connectivity index (χ1n) is 7.42. The van der Waals surface area contributed by atoms with Crippen LogP contribution in [-0.2, 0) is 0 Å². The molecule has 0 aliphatic carbocycles. The molecule has 1 N–H and O–H groups in total. The van der Waals surface area contributed by atoms with Crippen LogP contribution in [0.5, 0.6) is 0 Å². The van der Waals surface area contributed by atoms with Crippen LogP contribution in [0.1, 0.15) is 39.0 Å². The van der Waals surface area contributed by atoms with Crippen molar-refractivity contribution in [2.24, 2.45) is 5.92 Å². The third-order valence-electron chi connectivity index (χ3n) is 4.44. The zero-order chi connectivity index (χ0) is 12.1. The van der Waals surface area contributed by atoms with E-state index >= 15 is 0 Å². The lowest BCUT2D eigenvalue weighted by atomic mass is 10.0. The van der Waals surface area contributed by atoms with Crippen LogP contribution in [-0.4, -0.2) is 60.3 Å². The Balaban J connectivity index is 1.74. The number of rotatable bonds is 4. The summed E-state index contributed by atoms with van der Waals surface area (Å²) in [5.74, 6) is 0.512. The van der Waals surface area contributed by atoms with Gasteiger partial charge in [-0.25, -0.2) is 0 Å². The predicted octanol–water partition coefficient (Wildman–Crippen LogP) is 1.57. The Hall–Kier alpha value is -0.120. The highest BCUT2D eigenvalue weighted by molar-refractivity contribution is 4.82. The molecule has 0 amide bonds. The van der Waals surface area contributed by atoms with E-state index in [1.807, 2.05) is 0 Å². The van der Waals surface area contributed by atoms with Gasteiger partial charge in [0, 0.05) is 19.0 Å². The average molecular weight is 240 g/mol. The van der Waals surface area contributed by atoms with Crippen molar-refractivity contribution in [2.75, 3.05) is 39.3 Å². The minimum Gasteiger partial charge on any atom is -0.391 e. The Labute approximate surface area is 106 Å². The Morgan fingerprint density at radius 1 is 1.06 bits per heavy atom. The van der Waals surface area contributed by atoms with Crippen LogP contribution in [0.2, 0.25) is 0 Å². The molecule has 2 heterocycles. The van der Waals surface area contributed by atoms with Crippen molar-refractivity contribution in [1.29, 1.82) is 0 Å². The minimum atomic E-state index is -0.107. The molecule has 3 heteroatoms. The molecule has 0 aromatic heterocycles. The largest absolute Gasteiger partial charge is 0.391 e. The fraction of sp³-hybridized carbons (Fsp3) is 1.00. The van der Waals surface area contributed by atoms with Gasteiger partial charge in [0.05, 0.1) is 6.10 Å². The highest BCUT2D eigenvalue weighted by atomic mass is 16.3. The van der Waals surface area contributed by atoms with E-state index in [9.17, 15) is 5.11 Å². The van der Waals surface area contributed by atoms with Gasteiger partial charge in [0.25, 0.3) is 0 Å². The molecule has 2 aliphatic rings. The molecule has 2 unspecified atom stereocenters. The molecule has 2 fully saturated rings. The molecule has 0 aromatic carbocycles. The van der Waals surface area contributed by atoms with E-state index in [2.05, 4.69) is 16.7 Å². The summed E-state index contributed by atoms with van der Waals surface area (Å²) in [7, 11) is 0. The zero-order valence-corrected chi connectivity index (χ0v) is 11.3. The minimum absolute atomic E-state index is 0.107. The maximum Gasteiger partial charge on any atom is 0.0707 e. The highest BCUT2D eigenvalue weighted by Crippen LogP contribution is 2.21. The molecule has 0 radical (unpaired) electrons. The molecule has 0 saturated carbocycles. The van der Waals surface area contributed by atoms with Gasteiger partial charge in [-0.05, 0) is 45.4 Å². The summed E-state index contributed by atoms with van der Waals surface area (Å²) >= 11 is 0.